The quantitative estimate of drug-likeness (QED) is 0.637. The molecule has 1 heterocycles. The SMILES string of the molecule is NNC(Cc1cccc(F)c1F)c1cncnc1. The molecule has 94 valence electrons. The third-order valence-electron chi connectivity index (χ3n) is 2.64. The summed E-state index contributed by atoms with van der Waals surface area (Å²) < 4.78 is 26.6. The number of rotatable bonds is 4. The van der Waals surface area contributed by atoms with Crippen molar-refractivity contribution in [2.75, 3.05) is 0 Å². The molecule has 0 bridgehead atoms. The molecule has 1 atom stereocenters. The Bertz CT molecular complexity index is 519. The van der Waals surface area contributed by atoms with Gasteiger partial charge in [0, 0.05) is 18.0 Å². The molecule has 0 saturated carbocycles. The summed E-state index contributed by atoms with van der Waals surface area (Å²) in [6.07, 6.45) is 4.76. The van der Waals surface area contributed by atoms with E-state index in [4.69, 9.17) is 5.84 Å². The van der Waals surface area contributed by atoms with Crippen LogP contribution in [0, 0.1) is 11.6 Å². The molecule has 0 saturated heterocycles. The number of halogens is 2. The highest BCUT2D eigenvalue weighted by Gasteiger charge is 2.15. The lowest BCUT2D eigenvalue weighted by atomic mass is 10.0. The van der Waals surface area contributed by atoms with Gasteiger partial charge in [0.1, 0.15) is 6.33 Å². The van der Waals surface area contributed by atoms with Crippen molar-refractivity contribution in [3.05, 3.63) is 59.7 Å². The molecular weight excluding hydrogens is 238 g/mol. The molecular formula is C12H12F2N4. The number of nitrogens with zero attached hydrogens (tertiary/aromatic N) is 2. The van der Waals surface area contributed by atoms with Gasteiger partial charge >= 0.3 is 0 Å². The molecule has 4 nitrogen and oxygen atoms in total. The van der Waals surface area contributed by atoms with Crippen molar-refractivity contribution in [1.82, 2.24) is 15.4 Å². The van der Waals surface area contributed by atoms with E-state index in [1.54, 1.807) is 12.4 Å². The van der Waals surface area contributed by atoms with Crippen LogP contribution in [-0.4, -0.2) is 9.97 Å². The summed E-state index contributed by atoms with van der Waals surface area (Å²) in [6, 6.07) is 3.69. The summed E-state index contributed by atoms with van der Waals surface area (Å²) in [6.45, 7) is 0. The molecule has 0 fully saturated rings. The first-order valence-electron chi connectivity index (χ1n) is 5.36. The second kappa shape index (κ2) is 5.61. The van der Waals surface area contributed by atoms with Crippen molar-refractivity contribution in [3.63, 3.8) is 0 Å². The maximum absolute atomic E-state index is 13.5. The molecule has 0 aliphatic rings. The van der Waals surface area contributed by atoms with Crippen molar-refractivity contribution in [2.45, 2.75) is 12.5 Å². The number of nitrogens with two attached hydrogens (primary N) is 1. The van der Waals surface area contributed by atoms with Crippen LogP contribution in [0.2, 0.25) is 0 Å². The molecule has 1 aromatic carbocycles. The molecule has 3 N–H and O–H groups in total. The third kappa shape index (κ3) is 2.66. The molecule has 0 amide bonds. The predicted octanol–water partition coefficient (Wildman–Crippen LogP) is 1.50. The summed E-state index contributed by atoms with van der Waals surface area (Å²) in [5, 5.41) is 0. The zero-order valence-corrected chi connectivity index (χ0v) is 9.48. The molecule has 1 unspecified atom stereocenters. The van der Waals surface area contributed by atoms with E-state index in [0.29, 0.717) is 5.56 Å². The van der Waals surface area contributed by atoms with Crippen molar-refractivity contribution < 1.29 is 8.78 Å². The normalized spacial score (nSPS) is 12.4. The summed E-state index contributed by atoms with van der Waals surface area (Å²) in [7, 11) is 0. The topological polar surface area (TPSA) is 63.8 Å². The van der Waals surface area contributed by atoms with E-state index < -0.39 is 11.6 Å². The van der Waals surface area contributed by atoms with Crippen molar-refractivity contribution in [2.24, 2.45) is 5.84 Å². The molecule has 6 heteroatoms. The lowest BCUT2D eigenvalue weighted by molar-refractivity contribution is 0.480. The Kier molecular flexibility index (Phi) is 3.91. The zero-order valence-electron chi connectivity index (χ0n) is 9.48. The van der Waals surface area contributed by atoms with Crippen LogP contribution in [0.1, 0.15) is 17.2 Å². The third-order valence-corrected chi connectivity index (χ3v) is 2.64. The first-order chi connectivity index (χ1) is 8.72. The second-order valence-corrected chi connectivity index (χ2v) is 3.81. The maximum Gasteiger partial charge on any atom is 0.162 e. The fraction of sp³-hybridized carbons (Fsp3) is 0.167. The van der Waals surface area contributed by atoms with Crippen LogP contribution in [-0.2, 0) is 6.42 Å². The highest BCUT2D eigenvalue weighted by Crippen LogP contribution is 2.19. The highest BCUT2D eigenvalue weighted by molar-refractivity contribution is 5.22. The van der Waals surface area contributed by atoms with E-state index in [2.05, 4.69) is 15.4 Å². The van der Waals surface area contributed by atoms with Gasteiger partial charge in [-0.05, 0) is 18.1 Å². The number of hydrazine groups is 1. The van der Waals surface area contributed by atoms with Gasteiger partial charge in [0.15, 0.2) is 11.6 Å². The van der Waals surface area contributed by atoms with E-state index in [-0.39, 0.29) is 18.0 Å². The largest absolute Gasteiger partial charge is 0.271 e. The van der Waals surface area contributed by atoms with Crippen molar-refractivity contribution >= 4 is 0 Å². The predicted molar refractivity (Wildman–Crippen MR) is 62.2 cm³/mol. The van der Waals surface area contributed by atoms with Gasteiger partial charge in [-0.25, -0.2) is 18.7 Å². The molecule has 2 rings (SSSR count). The minimum absolute atomic E-state index is 0.216. The average Bonchev–Trinajstić information content (AvgIpc) is 2.41. The van der Waals surface area contributed by atoms with Crippen LogP contribution in [0.15, 0.2) is 36.9 Å². The summed E-state index contributed by atoms with van der Waals surface area (Å²) in [5.74, 6) is 3.70. The monoisotopic (exact) mass is 250 g/mol. The Balaban J connectivity index is 2.24. The highest BCUT2D eigenvalue weighted by atomic mass is 19.2. The molecule has 18 heavy (non-hydrogen) atoms. The van der Waals surface area contributed by atoms with Crippen molar-refractivity contribution in [3.8, 4) is 0 Å². The molecule has 0 aliphatic heterocycles. The Morgan fingerprint density at radius 3 is 2.61 bits per heavy atom. The first kappa shape index (κ1) is 12.5. The van der Waals surface area contributed by atoms with Gasteiger partial charge in [0.05, 0.1) is 6.04 Å². The van der Waals surface area contributed by atoms with Crippen LogP contribution in [0.25, 0.3) is 0 Å². The molecule has 0 spiro atoms. The number of benzene rings is 1. The first-order valence-corrected chi connectivity index (χ1v) is 5.36. The molecule has 0 aliphatic carbocycles. The van der Waals surface area contributed by atoms with E-state index in [0.717, 1.165) is 6.07 Å². The van der Waals surface area contributed by atoms with Crippen LogP contribution < -0.4 is 11.3 Å². The number of nitrogens with one attached hydrogen (secondary N) is 1. The number of hydrogen-bond acceptors (Lipinski definition) is 4. The van der Waals surface area contributed by atoms with Crippen LogP contribution in [0.3, 0.4) is 0 Å². The van der Waals surface area contributed by atoms with Crippen LogP contribution in [0.4, 0.5) is 8.78 Å². The Morgan fingerprint density at radius 2 is 1.94 bits per heavy atom. The Hall–Kier alpha value is -1.92. The Morgan fingerprint density at radius 1 is 1.22 bits per heavy atom. The van der Waals surface area contributed by atoms with Crippen molar-refractivity contribution in [1.29, 1.82) is 0 Å². The van der Waals surface area contributed by atoms with E-state index >= 15 is 0 Å². The second-order valence-electron chi connectivity index (χ2n) is 3.81. The van der Waals surface area contributed by atoms with Gasteiger partial charge < -0.3 is 0 Å². The van der Waals surface area contributed by atoms with E-state index in [9.17, 15) is 8.78 Å². The maximum atomic E-state index is 13.5. The standard InChI is InChI=1S/C12H12F2N4/c13-10-3-1-2-8(12(10)14)4-11(18-15)9-5-16-7-17-6-9/h1-3,5-7,11,18H,4,15H2. The van der Waals surface area contributed by atoms with Gasteiger partial charge in [0.25, 0.3) is 0 Å². The van der Waals surface area contributed by atoms with E-state index in [1.807, 2.05) is 0 Å². The van der Waals surface area contributed by atoms with Gasteiger partial charge in [-0.3, -0.25) is 11.3 Å². The molecule has 1 aromatic heterocycles. The number of hydrogen-bond donors (Lipinski definition) is 2. The minimum Gasteiger partial charge on any atom is -0.271 e. The molecule has 0 radical (unpaired) electrons. The van der Waals surface area contributed by atoms with E-state index in [1.165, 1.54) is 18.5 Å². The zero-order chi connectivity index (χ0) is 13.0. The van der Waals surface area contributed by atoms with Crippen LogP contribution in [0.5, 0.6) is 0 Å². The Labute approximate surface area is 103 Å². The number of aromatic nitrogens is 2. The molecule has 2 aromatic rings. The summed E-state index contributed by atoms with van der Waals surface area (Å²) in [4.78, 5) is 7.72. The fourth-order valence-electron chi connectivity index (χ4n) is 1.69. The lowest BCUT2D eigenvalue weighted by Crippen LogP contribution is -2.30. The van der Waals surface area contributed by atoms with Gasteiger partial charge in [0.2, 0.25) is 0 Å². The van der Waals surface area contributed by atoms with Gasteiger partial charge in [-0.15, -0.1) is 0 Å². The minimum atomic E-state index is -0.868. The average molecular weight is 250 g/mol. The van der Waals surface area contributed by atoms with Crippen LogP contribution >= 0.6 is 0 Å². The summed E-state index contributed by atoms with van der Waals surface area (Å²) >= 11 is 0. The lowest BCUT2D eigenvalue weighted by Gasteiger charge is -2.15. The fourth-order valence-corrected chi connectivity index (χ4v) is 1.69. The van der Waals surface area contributed by atoms with Gasteiger partial charge in [-0.1, -0.05) is 12.1 Å². The summed E-state index contributed by atoms with van der Waals surface area (Å²) in [5.41, 5.74) is 3.51. The smallest absolute Gasteiger partial charge is 0.162 e. The van der Waals surface area contributed by atoms with Gasteiger partial charge in [-0.2, -0.15) is 0 Å².